The molecule has 0 unspecified atom stereocenters. The van der Waals surface area contributed by atoms with Gasteiger partial charge in [0.2, 0.25) is 0 Å². The summed E-state index contributed by atoms with van der Waals surface area (Å²) in [6, 6.07) is 11.5. The summed E-state index contributed by atoms with van der Waals surface area (Å²) in [6.45, 7) is 2.71. The molecule has 0 aliphatic rings. The lowest BCUT2D eigenvalue weighted by molar-refractivity contribution is 0.240. The maximum absolute atomic E-state index is 13.8. The van der Waals surface area contributed by atoms with Gasteiger partial charge in [-0.15, -0.1) is 0 Å². The molecule has 3 rings (SSSR count). The molecule has 0 saturated heterocycles. The number of hydrogen-bond donors (Lipinski definition) is 2. The molecule has 146 valence electrons. The predicted octanol–water partition coefficient (Wildman–Crippen LogP) is 4.06. The maximum atomic E-state index is 13.8. The molecule has 2 N–H and O–H groups in total. The molecule has 8 heteroatoms. The van der Waals surface area contributed by atoms with E-state index in [0.29, 0.717) is 23.7 Å². The van der Waals surface area contributed by atoms with Crippen LogP contribution in [0.4, 0.5) is 9.18 Å². The van der Waals surface area contributed by atoms with Gasteiger partial charge in [0.25, 0.3) is 0 Å². The van der Waals surface area contributed by atoms with Crippen LogP contribution in [0.15, 0.2) is 54.9 Å². The van der Waals surface area contributed by atoms with Crippen molar-refractivity contribution in [1.29, 1.82) is 0 Å². The Balaban J connectivity index is 1.48. The van der Waals surface area contributed by atoms with Crippen LogP contribution in [0.3, 0.4) is 0 Å². The lowest BCUT2D eigenvalue weighted by Crippen LogP contribution is -2.34. The number of carbonyl (C=O) groups is 1. The number of hydrogen-bond acceptors (Lipinski definition) is 3. The molecule has 0 aliphatic carbocycles. The molecule has 0 fully saturated rings. The molecule has 3 aromatic rings. The Bertz CT molecular complexity index is 944. The van der Waals surface area contributed by atoms with E-state index in [-0.39, 0.29) is 18.3 Å². The molecule has 0 radical (unpaired) electrons. The van der Waals surface area contributed by atoms with Gasteiger partial charge in [-0.3, -0.25) is 0 Å². The van der Waals surface area contributed by atoms with Crippen LogP contribution >= 0.6 is 11.6 Å². The highest BCUT2D eigenvalue weighted by Crippen LogP contribution is 2.18. The molecule has 0 saturated carbocycles. The second kappa shape index (κ2) is 9.23. The first kappa shape index (κ1) is 19.7. The first-order valence-corrected chi connectivity index (χ1v) is 9.15. The Kier molecular flexibility index (Phi) is 6.49. The van der Waals surface area contributed by atoms with E-state index in [0.717, 1.165) is 11.3 Å². The van der Waals surface area contributed by atoms with Gasteiger partial charge in [-0.1, -0.05) is 17.7 Å². The fourth-order valence-electron chi connectivity index (χ4n) is 2.54. The van der Waals surface area contributed by atoms with Crippen molar-refractivity contribution in [2.24, 2.45) is 0 Å². The fraction of sp³-hybridized carbons (Fsp3) is 0.200. The Morgan fingerprint density at radius 3 is 2.54 bits per heavy atom. The minimum atomic E-state index is -0.448. The number of rotatable bonds is 7. The number of nitrogens with zero attached hydrogens (tertiary/aromatic N) is 2. The topological polar surface area (TPSA) is 68.2 Å². The number of nitrogens with one attached hydrogen (secondary N) is 2. The highest BCUT2D eigenvalue weighted by molar-refractivity contribution is 6.30. The van der Waals surface area contributed by atoms with Gasteiger partial charge in [0.1, 0.15) is 0 Å². The van der Waals surface area contributed by atoms with Crippen LogP contribution in [-0.4, -0.2) is 22.4 Å². The van der Waals surface area contributed by atoms with Crippen LogP contribution in [0.2, 0.25) is 5.02 Å². The van der Waals surface area contributed by atoms with E-state index >= 15 is 0 Å². The minimum absolute atomic E-state index is 0.202. The molecule has 0 aliphatic heterocycles. The lowest BCUT2D eigenvalue weighted by Gasteiger charge is -2.09. The second-order valence-electron chi connectivity index (χ2n) is 6.00. The number of amides is 2. The lowest BCUT2D eigenvalue weighted by atomic mass is 10.2. The van der Waals surface area contributed by atoms with Gasteiger partial charge >= 0.3 is 6.03 Å². The summed E-state index contributed by atoms with van der Waals surface area (Å²) >= 11 is 5.88. The zero-order valence-corrected chi connectivity index (χ0v) is 16.0. The van der Waals surface area contributed by atoms with Gasteiger partial charge in [-0.05, 0) is 48.9 Å². The van der Waals surface area contributed by atoms with Crippen LogP contribution in [0, 0.1) is 5.82 Å². The Hall–Kier alpha value is -3.06. The number of carbonyl (C=O) groups excluding carboxylic acids is 1. The largest absolute Gasteiger partial charge is 0.491 e. The number of ether oxygens (including phenoxy) is 1. The van der Waals surface area contributed by atoms with Crippen LogP contribution in [0.1, 0.15) is 18.1 Å². The number of halogens is 2. The monoisotopic (exact) mass is 402 g/mol. The average Bonchev–Trinajstić information content (AvgIpc) is 3.16. The Morgan fingerprint density at radius 2 is 1.86 bits per heavy atom. The summed E-state index contributed by atoms with van der Waals surface area (Å²) in [4.78, 5) is 12.0. The summed E-state index contributed by atoms with van der Waals surface area (Å²) in [5, 5.41) is 10.4. The highest BCUT2D eigenvalue weighted by atomic mass is 35.5. The van der Waals surface area contributed by atoms with Crippen molar-refractivity contribution < 1.29 is 13.9 Å². The van der Waals surface area contributed by atoms with Crippen molar-refractivity contribution in [1.82, 2.24) is 20.4 Å². The van der Waals surface area contributed by atoms with Crippen molar-refractivity contribution in [2.75, 3.05) is 6.61 Å². The standard InChI is InChI=1S/C20H20ClFN4O2/c1-2-28-19-8-3-14(9-18(19)22)10-23-20(27)24-11-15-12-25-26(13-15)17-6-4-16(21)5-7-17/h3-9,12-13H,2,10-11H2,1H3,(H2,23,24,27). The van der Waals surface area contributed by atoms with Gasteiger partial charge in [0.15, 0.2) is 11.6 Å². The van der Waals surface area contributed by atoms with E-state index < -0.39 is 5.82 Å². The van der Waals surface area contributed by atoms with E-state index in [9.17, 15) is 9.18 Å². The second-order valence-corrected chi connectivity index (χ2v) is 6.44. The fourth-order valence-corrected chi connectivity index (χ4v) is 2.67. The van der Waals surface area contributed by atoms with E-state index in [4.69, 9.17) is 16.3 Å². The molecule has 0 bridgehead atoms. The maximum Gasteiger partial charge on any atom is 0.315 e. The molecule has 2 aromatic carbocycles. The van der Waals surface area contributed by atoms with Gasteiger partial charge in [0.05, 0.1) is 18.5 Å². The van der Waals surface area contributed by atoms with Gasteiger partial charge < -0.3 is 15.4 Å². The smallest absolute Gasteiger partial charge is 0.315 e. The normalized spacial score (nSPS) is 10.5. The van der Waals surface area contributed by atoms with Crippen molar-refractivity contribution >= 4 is 17.6 Å². The summed E-state index contributed by atoms with van der Waals surface area (Å²) in [7, 11) is 0. The third-order valence-electron chi connectivity index (χ3n) is 3.93. The number of urea groups is 1. The SMILES string of the molecule is CCOc1ccc(CNC(=O)NCc2cnn(-c3ccc(Cl)cc3)c2)cc1F. The first-order chi connectivity index (χ1) is 13.5. The summed E-state index contributed by atoms with van der Waals surface area (Å²) in [5.74, 6) is -0.246. The van der Waals surface area contributed by atoms with Crippen molar-refractivity contribution in [2.45, 2.75) is 20.0 Å². The third kappa shape index (κ3) is 5.23. The predicted molar refractivity (Wildman–Crippen MR) is 105 cm³/mol. The number of aromatic nitrogens is 2. The molecule has 1 heterocycles. The molecule has 1 aromatic heterocycles. The molecular formula is C20H20ClFN4O2. The Labute approximate surface area is 167 Å². The van der Waals surface area contributed by atoms with Gasteiger partial charge in [-0.2, -0.15) is 5.10 Å². The summed E-state index contributed by atoms with van der Waals surface area (Å²) in [6.07, 6.45) is 3.50. The van der Waals surface area contributed by atoms with Crippen molar-refractivity contribution in [3.63, 3.8) is 0 Å². The van der Waals surface area contributed by atoms with E-state index in [2.05, 4.69) is 15.7 Å². The summed E-state index contributed by atoms with van der Waals surface area (Å²) < 4.78 is 20.7. The van der Waals surface area contributed by atoms with E-state index in [1.54, 1.807) is 42.1 Å². The average molecular weight is 403 g/mol. The molecule has 0 atom stereocenters. The first-order valence-electron chi connectivity index (χ1n) is 8.77. The van der Waals surface area contributed by atoms with Crippen LogP contribution in [-0.2, 0) is 13.1 Å². The van der Waals surface area contributed by atoms with Crippen molar-refractivity contribution in [3.8, 4) is 11.4 Å². The number of benzene rings is 2. The zero-order chi connectivity index (χ0) is 19.9. The zero-order valence-electron chi connectivity index (χ0n) is 15.3. The van der Waals surface area contributed by atoms with Crippen molar-refractivity contribution in [3.05, 3.63) is 76.8 Å². The van der Waals surface area contributed by atoms with E-state index in [1.165, 1.54) is 6.07 Å². The van der Waals surface area contributed by atoms with Gasteiger partial charge in [0, 0.05) is 29.9 Å². The molecule has 28 heavy (non-hydrogen) atoms. The van der Waals surface area contributed by atoms with Crippen LogP contribution < -0.4 is 15.4 Å². The minimum Gasteiger partial charge on any atom is -0.491 e. The van der Waals surface area contributed by atoms with Gasteiger partial charge in [-0.25, -0.2) is 13.9 Å². The molecule has 6 nitrogen and oxygen atoms in total. The summed E-state index contributed by atoms with van der Waals surface area (Å²) in [5.41, 5.74) is 2.36. The van der Waals surface area contributed by atoms with E-state index in [1.807, 2.05) is 18.3 Å². The molecule has 0 spiro atoms. The van der Waals surface area contributed by atoms with Crippen LogP contribution in [0.5, 0.6) is 5.75 Å². The third-order valence-corrected chi connectivity index (χ3v) is 4.18. The molecule has 2 amide bonds. The highest BCUT2D eigenvalue weighted by Gasteiger charge is 2.07. The Morgan fingerprint density at radius 1 is 1.14 bits per heavy atom. The molecular weight excluding hydrogens is 383 g/mol. The van der Waals surface area contributed by atoms with Crippen LogP contribution in [0.25, 0.3) is 5.69 Å². The quantitative estimate of drug-likeness (QED) is 0.626.